The van der Waals surface area contributed by atoms with Crippen molar-refractivity contribution in [2.75, 3.05) is 52.7 Å². The van der Waals surface area contributed by atoms with Gasteiger partial charge in [-0.05, 0) is 94.6 Å². The van der Waals surface area contributed by atoms with E-state index in [0.717, 1.165) is 117 Å². The molecule has 0 saturated carbocycles. The van der Waals surface area contributed by atoms with Gasteiger partial charge in [-0.2, -0.15) is 0 Å². The molecule has 1 heterocycles. The Morgan fingerprint density at radius 1 is 0.667 bits per heavy atom. The van der Waals surface area contributed by atoms with Gasteiger partial charge >= 0.3 is 11.9 Å². The number of hydrogen-bond donors (Lipinski definition) is 0. The number of rotatable bonds is 37. The van der Waals surface area contributed by atoms with Crippen LogP contribution in [0, 0.1) is 11.8 Å². The molecule has 0 aliphatic carbocycles. The summed E-state index contributed by atoms with van der Waals surface area (Å²) in [7, 11) is 0. The predicted octanol–water partition coefficient (Wildman–Crippen LogP) is 11.9. The summed E-state index contributed by atoms with van der Waals surface area (Å²) in [4.78, 5) is 27.0. The standard InChI is InChI=1S/C47H83NO6/c1-5-8-17-26-43(4)33-39-53-46(49)31-22-15-11-13-20-29-45(52-38-25-24-35-48-36-41-51-42-37-48)30-21-14-12-16-23-32-47(50)54-40-34-44(27-18-9-6-2)28-19-10-7-3/h27,43-45H,2,5,7-8,10-17,19-26,28-42H2,1,3-4H3. The fourth-order valence-electron chi connectivity index (χ4n) is 7.07. The third kappa shape index (κ3) is 32.2. The lowest BCUT2D eigenvalue weighted by molar-refractivity contribution is -0.145. The van der Waals surface area contributed by atoms with Crippen LogP contribution in [0.15, 0.2) is 29.8 Å². The Labute approximate surface area is 332 Å². The molecule has 0 aromatic carbocycles. The summed E-state index contributed by atoms with van der Waals surface area (Å²) < 4.78 is 23.0. The SMILES string of the molecule is C=C=C=C=CC(CCCCC)CCOC(=O)CCCCCCCC(CCCCCCCC(=O)OCCC(C)CCCCC)OCCCCN1CCOCC1. The van der Waals surface area contributed by atoms with Crippen molar-refractivity contribution < 1.29 is 28.5 Å². The normalized spacial score (nSPS) is 14.7. The maximum atomic E-state index is 12.3. The Morgan fingerprint density at radius 3 is 1.83 bits per heavy atom. The van der Waals surface area contributed by atoms with E-state index in [1.165, 1.54) is 77.0 Å². The lowest BCUT2D eigenvalue weighted by atomic mass is 9.98. The van der Waals surface area contributed by atoms with E-state index < -0.39 is 0 Å². The van der Waals surface area contributed by atoms with Crippen molar-refractivity contribution >= 4 is 11.9 Å². The van der Waals surface area contributed by atoms with Gasteiger partial charge in [0.25, 0.3) is 0 Å². The highest BCUT2D eigenvalue weighted by atomic mass is 16.5. The molecule has 0 bridgehead atoms. The summed E-state index contributed by atoms with van der Waals surface area (Å²) in [5.74, 6) is 0.877. The minimum Gasteiger partial charge on any atom is -0.466 e. The molecule has 3 atom stereocenters. The van der Waals surface area contributed by atoms with Crippen molar-refractivity contribution in [1.29, 1.82) is 0 Å². The Balaban J connectivity index is 2.25. The van der Waals surface area contributed by atoms with Gasteiger partial charge in [0.05, 0.1) is 32.5 Å². The van der Waals surface area contributed by atoms with Gasteiger partial charge in [-0.3, -0.25) is 14.5 Å². The fourth-order valence-corrected chi connectivity index (χ4v) is 7.07. The van der Waals surface area contributed by atoms with Gasteiger partial charge in [-0.15, -0.1) is 0 Å². The summed E-state index contributed by atoms with van der Waals surface area (Å²) in [6.07, 6.45) is 30.5. The second-order valence-electron chi connectivity index (χ2n) is 15.8. The van der Waals surface area contributed by atoms with Crippen LogP contribution < -0.4 is 0 Å². The van der Waals surface area contributed by atoms with E-state index in [1.807, 2.05) is 6.08 Å². The van der Waals surface area contributed by atoms with E-state index >= 15 is 0 Å². The molecule has 0 N–H and O–H groups in total. The van der Waals surface area contributed by atoms with Gasteiger partial charge < -0.3 is 18.9 Å². The highest BCUT2D eigenvalue weighted by Crippen LogP contribution is 2.19. The molecule has 1 rings (SSSR count). The van der Waals surface area contributed by atoms with Crippen LogP contribution in [0.5, 0.6) is 0 Å². The van der Waals surface area contributed by atoms with Gasteiger partial charge in [0.15, 0.2) is 0 Å². The number of carbonyl (C=O) groups excluding carboxylic acids is 2. The summed E-state index contributed by atoms with van der Waals surface area (Å²) in [6.45, 7) is 17.1. The van der Waals surface area contributed by atoms with Crippen LogP contribution in [-0.2, 0) is 28.5 Å². The van der Waals surface area contributed by atoms with Crippen molar-refractivity contribution in [3.63, 3.8) is 0 Å². The highest BCUT2D eigenvalue weighted by molar-refractivity contribution is 5.69. The Hall–Kier alpha value is -2.10. The first-order valence-corrected chi connectivity index (χ1v) is 22.6. The highest BCUT2D eigenvalue weighted by Gasteiger charge is 2.13. The van der Waals surface area contributed by atoms with Crippen LogP contribution in [0.1, 0.15) is 188 Å². The zero-order valence-corrected chi connectivity index (χ0v) is 35.5. The quantitative estimate of drug-likeness (QED) is 0.0355. The molecule has 0 aromatic rings. The molecule has 0 radical (unpaired) electrons. The summed E-state index contributed by atoms with van der Waals surface area (Å²) >= 11 is 0. The molecule has 7 nitrogen and oxygen atoms in total. The molecule has 1 fully saturated rings. The zero-order chi connectivity index (χ0) is 39.2. The summed E-state index contributed by atoms with van der Waals surface area (Å²) in [5.41, 5.74) is 8.40. The third-order valence-corrected chi connectivity index (χ3v) is 10.7. The van der Waals surface area contributed by atoms with Gasteiger partial charge in [-0.1, -0.05) is 129 Å². The first-order valence-electron chi connectivity index (χ1n) is 22.6. The minimum absolute atomic E-state index is 0.0286. The van der Waals surface area contributed by atoms with Crippen LogP contribution in [0.2, 0.25) is 0 Å². The fraction of sp³-hybridized carbons (Fsp3) is 0.851. The average Bonchev–Trinajstić information content (AvgIpc) is 3.17. The number of allylic oxidation sites excluding steroid dienone is 1. The van der Waals surface area contributed by atoms with Crippen molar-refractivity contribution in [1.82, 2.24) is 4.90 Å². The maximum Gasteiger partial charge on any atom is 0.305 e. The van der Waals surface area contributed by atoms with Gasteiger partial charge in [-0.25, -0.2) is 0 Å². The molecule has 0 spiro atoms. The number of hydrogen-bond acceptors (Lipinski definition) is 7. The molecular weight excluding hydrogens is 675 g/mol. The maximum absolute atomic E-state index is 12.3. The lowest BCUT2D eigenvalue weighted by Gasteiger charge is -2.26. The second kappa shape index (κ2) is 37.8. The number of ether oxygens (including phenoxy) is 4. The van der Waals surface area contributed by atoms with Crippen molar-refractivity contribution in [3.05, 3.63) is 29.8 Å². The number of morpholine rings is 1. The summed E-state index contributed by atoms with van der Waals surface area (Å²) in [5, 5.41) is 0. The van der Waals surface area contributed by atoms with E-state index in [1.54, 1.807) is 0 Å². The number of esters is 2. The van der Waals surface area contributed by atoms with Crippen molar-refractivity contribution in [2.45, 2.75) is 194 Å². The second-order valence-corrected chi connectivity index (χ2v) is 15.8. The molecule has 0 aromatic heterocycles. The van der Waals surface area contributed by atoms with E-state index in [9.17, 15) is 9.59 Å². The monoisotopic (exact) mass is 758 g/mol. The molecule has 54 heavy (non-hydrogen) atoms. The first kappa shape index (κ1) is 49.9. The Morgan fingerprint density at radius 2 is 1.22 bits per heavy atom. The van der Waals surface area contributed by atoms with E-state index in [2.05, 4.69) is 49.4 Å². The van der Waals surface area contributed by atoms with Crippen molar-refractivity contribution in [2.24, 2.45) is 11.8 Å². The zero-order valence-electron chi connectivity index (χ0n) is 35.5. The average molecular weight is 758 g/mol. The molecule has 7 heteroatoms. The van der Waals surface area contributed by atoms with Gasteiger partial charge in [0.1, 0.15) is 0 Å². The van der Waals surface area contributed by atoms with Gasteiger partial charge in [0.2, 0.25) is 0 Å². The van der Waals surface area contributed by atoms with Crippen LogP contribution in [0.3, 0.4) is 0 Å². The largest absolute Gasteiger partial charge is 0.466 e. The molecule has 1 saturated heterocycles. The van der Waals surface area contributed by atoms with Crippen LogP contribution in [0.4, 0.5) is 0 Å². The molecule has 3 unspecified atom stereocenters. The van der Waals surface area contributed by atoms with Crippen LogP contribution >= 0.6 is 0 Å². The molecule has 1 aliphatic rings. The first-order chi connectivity index (χ1) is 26.5. The molecule has 0 amide bonds. The molecule has 312 valence electrons. The molecule has 1 aliphatic heterocycles. The van der Waals surface area contributed by atoms with E-state index in [4.69, 9.17) is 18.9 Å². The van der Waals surface area contributed by atoms with Crippen molar-refractivity contribution in [3.8, 4) is 0 Å². The molecular formula is C47H83NO6. The number of carbonyl (C=O) groups is 2. The number of unbranched alkanes of at least 4 members (excludes halogenated alkanes) is 13. The Kier molecular flexibility index (Phi) is 34.9. The predicted molar refractivity (Wildman–Crippen MR) is 224 cm³/mol. The smallest absolute Gasteiger partial charge is 0.305 e. The van der Waals surface area contributed by atoms with Crippen LogP contribution in [0.25, 0.3) is 0 Å². The minimum atomic E-state index is -0.0759. The Bertz CT molecular complexity index is 1010. The van der Waals surface area contributed by atoms with E-state index in [-0.39, 0.29) is 11.9 Å². The lowest BCUT2D eigenvalue weighted by Crippen LogP contribution is -2.36. The topological polar surface area (TPSA) is 74.3 Å². The van der Waals surface area contributed by atoms with Gasteiger partial charge in [0, 0.05) is 32.5 Å². The summed E-state index contributed by atoms with van der Waals surface area (Å²) in [6, 6.07) is 0. The van der Waals surface area contributed by atoms with E-state index in [0.29, 0.717) is 44.0 Å². The van der Waals surface area contributed by atoms with Crippen LogP contribution in [-0.4, -0.2) is 75.6 Å². The number of nitrogens with zero attached hydrogens (tertiary/aromatic N) is 1. The third-order valence-electron chi connectivity index (χ3n) is 10.7.